The van der Waals surface area contributed by atoms with Gasteiger partial charge in [0.05, 0.1) is 5.41 Å². The van der Waals surface area contributed by atoms with Crippen molar-refractivity contribution < 1.29 is 28.6 Å². The monoisotopic (exact) mass is 508 g/mol. The smallest absolute Gasteiger partial charge is 0.209 e. The Labute approximate surface area is 197 Å². The molecule has 2 aromatic rings. The number of rotatable bonds is 1. The van der Waals surface area contributed by atoms with Crippen molar-refractivity contribution in [1.29, 1.82) is 0 Å². The molecule has 0 saturated carbocycles. The highest BCUT2D eigenvalue weighted by atomic mass is 127. The molecule has 0 bridgehead atoms. The molecule has 0 atom stereocenters. The van der Waals surface area contributed by atoms with Gasteiger partial charge in [0.1, 0.15) is 0 Å². The van der Waals surface area contributed by atoms with Crippen molar-refractivity contribution in [2.24, 2.45) is 0 Å². The molecule has 0 aromatic heterocycles. The molecular weight excluding hydrogens is 479 g/mol. The lowest BCUT2D eigenvalue weighted by molar-refractivity contribution is -0.428. The lowest BCUT2D eigenvalue weighted by Gasteiger charge is -2.24. The number of nitrogens with zero attached hydrogens (tertiary/aromatic N) is 2. The SMILES string of the molecule is CC1(C)C2=C(C=C3CC[N+]4=C3C(C)(C)c3ccccc34)CCN2c2ccccc21.[I-]. The maximum Gasteiger partial charge on any atom is 0.209 e. The summed E-state index contributed by atoms with van der Waals surface area (Å²) in [6.45, 7) is 11.8. The van der Waals surface area contributed by atoms with Gasteiger partial charge in [-0.2, -0.15) is 4.58 Å². The maximum absolute atomic E-state index is 2.58. The second-order valence-corrected chi connectivity index (χ2v) is 9.98. The summed E-state index contributed by atoms with van der Waals surface area (Å²) in [6.07, 6.45) is 4.86. The van der Waals surface area contributed by atoms with E-state index in [2.05, 4.69) is 91.8 Å². The van der Waals surface area contributed by atoms with Gasteiger partial charge in [-0.25, -0.2) is 0 Å². The Morgan fingerprint density at radius 3 is 2.37 bits per heavy atom. The van der Waals surface area contributed by atoms with Crippen LogP contribution in [0.4, 0.5) is 11.4 Å². The Balaban J connectivity index is 0.00000193. The second kappa shape index (κ2) is 6.56. The minimum absolute atomic E-state index is 0. The Kier molecular flexibility index (Phi) is 4.38. The van der Waals surface area contributed by atoms with Crippen LogP contribution in [0.2, 0.25) is 0 Å². The van der Waals surface area contributed by atoms with Gasteiger partial charge in [0.2, 0.25) is 5.69 Å². The molecule has 0 amide bonds. The summed E-state index contributed by atoms with van der Waals surface area (Å²) in [5.74, 6) is 0. The van der Waals surface area contributed by atoms with E-state index in [1.54, 1.807) is 11.1 Å². The van der Waals surface area contributed by atoms with Crippen molar-refractivity contribution in [2.45, 2.75) is 51.4 Å². The number of para-hydroxylation sites is 2. The highest BCUT2D eigenvalue weighted by Gasteiger charge is 2.50. The molecule has 0 aliphatic carbocycles. The predicted molar refractivity (Wildman–Crippen MR) is 120 cm³/mol. The first kappa shape index (κ1) is 20.0. The van der Waals surface area contributed by atoms with E-state index in [4.69, 9.17) is 0 Å². The number of hydrogen-bond donors (Lipinski definition) is 0. The normalized spacial score (nSPS) is 23.5. The van der Waals surface area contributed by atoms with Crippen LogP contribution in [0.5, 0.6) is 0 Å². The van der Waals surface area contributed by atoms with E-state index in [9.17, 15) is 0 Å². The van der Waals surface area contributed by atoms with Crippen LogP contribution in [-0.4, -0.2) is 23.4 Å². The Hall–Kier alpha value is -1.88. The van der Waals surface area contributed by atoms with Gasteiger partial charge in [-0.3, -0.25) is 0 Å². The summed E-state index contributed by atoms with van der Waals surface area (Å²) >= 11 is 0. The number of anilines is 1. The molecule has 154 valence electrons. The fourth-order valence-electron chi connectivity index (χ4n) is 6.45. The maximum atomic E-state index is 2.58. The summed E-state index contributed by atoms with van der Waals surface area (Å²) in [6, 6.07) is 17.9. The lowest BCUT2D eigenvalue weighted by Crippen LogP contribution is -3.00. The van der Waals surface area contributed by atoms with Gasteiger partial charge in [-0.15, -0.1) is 0 Å². The fourth-order valence-corrected chi connectivity index (χ4v) is 6.45. The molecule has 0 radical (unpaired) electrons. The zero-order valence-corrected chi connectivity index (χ0v) is 20.5. The van der Waals surface area contributed by atoms with Crippen molar-refractivity contribution in [3.63, 3.8) is 0 Å². The van der Waals surface area contributed by atoms with E-state index in [1.165, 1.54) is 33.9 Å². The van der Waals surface area contributed by atoms with Crippen LogP contribution >= 0.6 is 0 Å². The van der Waals surface area contributed by atoms with Crippen molar-refractivity contribution in [2.75, 3.05) is 18.0 Å². The first-order valence-electron chi connectivity index (χ1n) is 11.0. The topological polar surface area (TPSA) is 6.25 Å². The highest BCUT2D eigenvalue weighted by Crippen LogP contribution is 2.52. The predicted octanol–water partition coefficient (Wildman–Crippen LogP) is 2.85. The van der Waals surface area contributed by atoms with E-state index >= 15 is 0 Å². The number of allylic oxidation sites excluding steroid dienone is 2. The molecule has 0 N–H and O–H groups in total. The van der Waals surface area contributed by atoms with Crippen LogP contribution in [0.15, 0.2) is 71.5 Å². The average molecular weight is 508 g/mol. The highest BCUT2D eigenvalue weighted by molar-refractivity contribution is 6.08. The van der Waals surface area contributed by atoms with Crippen molar-refractivity contribution in [1.82, 2.24) is 0 Å². The number of benzene rings is 2. The molecule has 4 heterocycles. The molecular formula is C27H29IN2. The van der Waals surface area contributed by atoms with Gasteiger partial charge in [0.15, 0.2) is 12.3 Å². The first-order valence-corrected chi connectivity index (χ1v) is 11.0. The van der Waals surface area contributed by atoms with Gasteiger partial charge < -0.3 is 28.9 Å². The van der Waals surface area contributed by atoms with Crippen LogP contribution < -0.4 is 28.9 Å². The van der Waals surface area contributed by atoms with Gasteiger partial charge in [-0.1, -0.05) is 50.2 Å². The standard InChI is InChI=1S/C27H29N2.HI/c1-26(2)20-9-5-7-11-22(20)28-15-13-18(24(26)28)17-19-14-16-29-23-12-8-6-10-21(23)27(3,4)25(19)29;/h5-12,17H,13-16H2,1-4H3;1H/q+1;/p-1. The molecule has 30 heavy (non-hydrogen) atoms. The molecule has 0 spiro atoms. The molecule has 4 aliphatic heterocycles. The number of fused-ring (bicyclic) bond motifs is 5. The lowest BCUT2D eigenvalue weighted by atomic mass is 9.77. The Morgan fingerprint density at radius 1 is 0.867 bits per heavy atom. The molecule has 0 fully saturated rings. The summed E-state index contributed by atoms with van der Waals surface area (Å²) < 4.78 is 2.58. The van der Waals surface area contributed by atoms with Gasteiger partial charge in [0, 0.05) is 47.0 Å². The minimum atomic E-state index is 0. The molecule has 2 aromatic carbocycles. The molecule has 3 heteroatoms. The third-order valence-corrected chi connectivity index (χ3v) is 7.63. The molecule has 4 aliphatic rings. The van der Waals surface area contributed by atoms with Crippen LogP contribution in [0.3, 0.4) is 0 Å². The fraction of sp³-hybridized carbons (Fsp3) is 0.370. The van der Waals surface area contributed by atoms with Gasteiger partial charge >= 0.3 is 0 Å². The molecule has 6 rings (SSSR count). The van der Waals surface area contributed by atoms with E-state index in [0.717, 1.165) is 25.9 Å². The third kappa shape index (κ3) is 2.44. The summed E-state index contributed by atoms with van der Waals surface area (Å²) in [5, 5.41) is 0. The van der Waals surface area contributed by atoms with E-state index in [-0.39, 0.29) is 34.8 Å². The zero-order chi connectivity index (χ0) is 20.0. The second-order valence-electron chi connectivity index (χ2n) is 9.98. The van der Waals surface area contributed by atoms with Gasteiger partial charge in [-0.05, 0) is 43.5 Å². The quantitative estimate of drug-likeness (QED) is 0.425. The Bertz CT molecular complexity index is 1160. The van der Waals surface area contributed by atoms with Crippen LogP contribution in [0.25, 0.3) is 0 Å². The number of hydrogen-bond acceptors (Lipinski definition) is 1. The van der Waals surface area contributed by atoms with Crippen molar-refractivity contribution in [3.8, 4) is 0 Å². The van der Waals surface area contributed by atoms with Crippen LogP contribution in [0, 0.1) is 0 Å². The Morgan fingerprint density at radius 2 is 1.57 bits per heavy atom. The van der Waals surface area contributed by atoms with Crippen LogP contribution in [0.1, 0.15) is 51.7 Å². The summed E-state index contributed by atoms with van der Waals surface area (Å²) in [4.78, 5) is 2.58. The summed E-state index contributed by atoms with van der Waals surface area (Å²) in [7, 11) is 0. The third-order valence-electron chi connectivity index (χ3n) is 7.63. The molecule has 2 nitrogen and oxygen atoms in total. The molecule has 0 saturated heterocycles. The van der Waals surface area contributed by atoms with Crippen molar-refractivity contribution in [3.05, 3.63) is 82.6 Å². The largest absolute Gasteiger partial charge is 1.00 e. The number of halogens is 1. The van der Waals surface area contributed by atoms with E-state index < -0.39 is 0 Å². The minimum Gasteiger partial charge on any atom is -1.00 e. The van der Waals surface area contributed by atoms with Crippen LogP contribution in [-0.2, 0) is 10.8 Å². The average Bonchev–Trinajstić information content (AvgIpc) is 3.42. The molecule has 0 unspecified atom stereocenters. The zero-order valence-electron chi connectivity index (χ0n) is 18.3. The first-order chi connectivity index (χ1) is 13.9. The summed E-state index contributed by atoms with van der Waals surface area (Å²) in [5.41, 5.74) is 12.1. The van der Waals surface area contributed by atoms with Crippen molar-refractivity contribution >= 4 is 17.1 Å². The van der Waals surface area contributed by atoms with E-state index in [0.29, 0.717) is 0 Å². The van der Waals surface area contributed by atoms with Gasteiger partial charge in [0.25, 0.3) is 0 Å². The van der Waals surface area contributed by atoms with E-state index in [1.807, 2.05) is 0 Å².